The first kappa shape index (κ1) is 21.3. The molecule has 7 nitrogen and oxygen atoms in total. The van der Waals surface area contributed by atoms with Crippen LogP contribution in [-0.2, 0) is 16.0 Å². The van der Waals surface area contributed by atoms with Crippen LogP contribution in [0.5, 0.6) is 5.75 Å². The molecule has 1 amide bonds. The number of aryl methyl sites for hydroxylation is 2. The Bertz CT molecular complexity index is 1040. The molecule has 4 rings (SSSR count). The van der Waals surface area contributed by atoms with E-state index in [0.29, 0.717) is 32.5 Å². The fourth-order valence-corrected chi connectivity index (χ4v) is 4.19. The van der Waals surface area contributed by atoms with Crippen molar-refractivity contribution in [3.63, 3.8) is 0 Å². The Hall–Kier alpha value is -2.97. The lowest BCUT2D eigenvalue weighted by atomic mass is 10.1. The highest BCUT2D eigenvalue weighted by molar-refractivity contribution is 7.15. The van der Waals surface area contributed by atoms with Gasteiger partial charge in [-0.1, -0.05) is 18.2 Å². The van der Waals surface area contributed by atoms with E-state index in [1.165, 1.54) is 0 Å². The average molecular weight is 439 g/mol. The number of morpholine rings is 1. The van der Waals surface area contributed by atoms with Crippen molar-refractivity contribution in [2.24, 2.45) is 0 Å². The summed E-state index contributed by atoms with van der Waals surface area (Å²) in [5.74, 6) is 1.66. The molecule has 1 aliphatic heterocycles. The summed E-state index contributed by atoms with van der Waals surface area (Å²) in [4.78, 5) is 24.8. The molecular weight excluding hydrogens is 412 g/mol. The van der Waals surface area contributed by atoms with Gasteiger partial charge in [0, 0.05) is 24.0 Å². The molecule has 3 aromatic rings. The summed E-state index contributed by atoms with van der Waals surface area (Å²) in [7, 11) is 1.65. The van der Waals surface area contributed by atoms with Crippen LogP contribution in [0.1, 0.15) is 28.7 Å². The Morgan fingerprint density at radius 1 is 1.32 bits per heavy atom. The quantitative estimate of drug-likeness (QED) is 0.598. The smallest absolute Gasteiger partial charge is 0.223 e. The molecule has 162 valence electrons. The highest BCUT2D eigenvalue weighted by Gasteiger charge is 2.26. The first-order chi connectivity index (χ1) is 15.1. The van der Waals surface area contributed by atoms with Crippen LogP contribution in [-0.4, -0.2) is 47.6 Å². The maximum absolute atomic E-state index is 12.8. The topological polar surface area (TPSA) is 76.6 Å². The summed E-state index contributed by atoms with van der Waals surface area (Å²) in [5.41, 5.74) is 1.90. The van der Waals surface area contributed by atoms with Crippen LogP contribution >= 0.6 is 11.3 Å². The zero-order chi connectivity index (χ0) is 21.6. The number of rotatable bonds is 7. The molecule has 31 heavy (non-hydrogen) atoms. The molecule has 0 radical (unpaired) electrons. The van der Waals surface area contributed by atoms with E-state index >= 15 is 0 Å². The van der Waals surface area contributed by atoms with E-state index in [4.69, 9.17) is 9.47 Å². The molecule has 1 fully saturated rings. The number of pyridine rings is 1. The third kappa shape index (κ3) is 5.59. The van der Waals surface area contributed by atoms with Crippen molar-refractivity contribution in [2.45, 2.75) is 25.9 Å². The minimum Gasteiger partial charge on any atom is -0.497 e. The number of carbonyl (C=O) groups is 1. The molecule has 0 aliphatic carbocycles. The van der Waals surface area contributed by atoms with Crippen LogP contribution < -0.4 is 10.1 Å². The van der Waals surface area contributed by atoms with Crippen molar-refractivity contribution in [3.8, 4) is 5.75 Å². The van der Waals surface area contributed by atoms with E-state index in [1.807, 2.05) is 60.5 Å². The number of benzene rings is 1. The zero-order valence-corrected chi connectivity index (χ0v) is 18.5. The number of carbonyl (C=O) groups excluding carboxylic acids is 1. The van der Waals surface area contributed by atoms with Crippen LogP contribution in [0.15, 0.2) is 48.7 Å². The first-order valence-corrected chi connectivity index (χ1v) is 11.1. The number of methoxy groups -OCH3 is 1. The van der Waals surface area contributed by atoms with Crippen molar-refractivity contribution in [3.05, 3.63) is 64.8 Å². The summed E-state index contributed by atoms with van der Waals surface area (Å²) in [6, 6.07) is 13.6. The molecule has 8 heteroatoms. The predicted molar refractivity (Wildman–Crippen MR) is 121 cm³/mol. The number of nitrogens with zero attached hydrogens (tertiary/aromatic N) is 3. The molecule has 1 N–H and O–H groups in total. The van der Waals surface area contributed by atoms with E-state index < -0.39 is 0 Å². The molecule has 0 bridgehead atoms. The van der Waals surface area contributed by atoms with E-state index in [0.717, 1.165) is 32.8 Å². The third-order valence-corrected chi connectivity index (χ3v) is 5.97. The maximum atomic E-state index is 12.8. The summed E-state index contributed by atoms with van der Waals surface area (Å²) in [6.07, 6.45) is 2.73. The summed E-state index contributed by atoms with van der Waals surface area (Å²) in [6.45, 7) is 3.62. The van der Waals surface area contributed by atoms with Crippen molar-refractivity contribution in [2.75, 3.05) is 32.1 Å². The van der Waals surface area contributed by atoms with Gasteiger partial charge in [-0.05, 0) is 43.2 Å². The minimum absolute atomic E-state index is 0.128. The second-order valence-electron chi connectivity index (χ2n) is 7.40. The fourth-order valence-electron chi connectivity index (χ4n) is 3.51. The van der Waals surface area contributed by atoms with Gasteiger partial charge in [-0.25, -0.2) is 9.97 Å². The number of thiazole rings is 1. The van der Waals surface area contributed by atoms with Gasteiger partial charge in [-0.2, -0.15) is 0 Å². The highest BCUT2D eigenvalue weighted by Crippen LogP contribution is 2.25. The Kier molecular flexibility index (Phi) is 6.79. The van der Waals surface area contributed by atoms with Crippen molar-refractivity contribution >= 4 is 28.2 Å². The van der Waals surface area contributed by atoms with Gasteiger partial charge in [0.1, 0.15) is 17.7 Å². The van der Waals surface area contributed by atoms with Gasteiger partial charge in [0.05, 0.1) is 26.0 Å². The fraction of sp³-hybridized carbons (Fsp3) is 0.348. The largest absolute Gasteiger partial charge is 0.497 e. The summed E-state index contributed by atoms with van der Waals surface area (Å²) < 4.78 is 11.2. The molecule has 0 saturated carbocycles. The van der Waals surface area contributed by atoms with Gasteiger partial charge in [-0.15, -0.1) is 11.3 Å². The van der Waals surface area contributed by atoms with E-state index in [1.54, 1.807) is 18.4 Å². The zero-order valence-electron chi connectivity index (χ0n) is 17.7. The summed E-state index contributed by atoms with van der Waals surface area (Å²) in [5, 5.41) is 4.04. The van der Waals surface area contributed by atoms with Crippen molar-refractivity contribution in [1.82, 2.24) is 14.9 Å². The number of anilines is 2. The Morgan fingerprint density at radius 2 is 2.19 bits per heavy atom. The first-order valence-electron chi connectivity index (χ1n) is 10.3. The van der Waals surface area contributed by atoms with Gasteiger partial charge in [0.15, 0.2) is 5.13 Å². The number of hydrogen-bond donors (Lipinski definition) is 1. The third-order valence-electron chi connectivity index (χ3n) is 5.14. The van der Waals surface area contributed by atoms with Gasteiger partial charge in [0.2, 0.25) is 5.91 Å². The molecule has 1 aliphatic rings. The standard InChI is InChI=1S/C23H26N4O3S/c1-16-14-24-23(31-16)26-21-8-4-7-19(25-21)20-15-27(11-12-30-20)22(28)10-9-17-5-3-6-18(13-17)29-2/h3-8,13-14,20H,9-12,15H2,1-2H3,(H,24,25,26). The molecule has 1 unspecified atom stereocenters. The van der Waals surface area contributed by atoms with Crippen molar-refractivity contribution in [1.29, 1.82) is 0 Å². The van der Waals surface area contributed by atoms with E-state index in [2.05, 4.69) is 15.3 Å². The Balaban J connectivity index is 1.36. The Labute approximate surface area is 186 Å². The second kappa shape index (κ2) is 9.89. The van der Waals surface area contributed by atoms with Gasteiger partial charge in [-0.3, -0.25) is 4.79 Å². The number of hydrogen-bond acceptors (Lipinski definition) is 7. The SMILES string of the molecule is COc1cccc(CCC(=O)N2CCOC(c3cccc(Nc4ncc(C)s4)n3)C2)c1. The molecule has 2 aromatic heterocycles. The van der Waals surface area contributed by atoms with Crippen LogP contribution in [0.25, 0.3) is 0 Å². The second-order valence-corrected chi connectivity index (χ2v) is 8.63. The maximum Gasteiger partial charge on any atom is 0.223 e. The molecule has 0 spiro atoms. The van der Waals surface area contributed by atoms with Crippen LogP contribution in [0.3, 0.4) is 0 Å². The van der Waals surface area contributed by atoms with Crippen LogP contribution in [0.2, 0.25) is 0 Å². The highest BCUT2D eigenvalue weighted by atomic mass is 32.1. The number of nitrogens with one attached hydrogen (secondary N) is 1. The van der Waals surface area contributed by atoms with Gasteiger partial charge < -0.3 is 19.7 Å². The number of amides is 1. The Morgan fingerprint density at radius 3 is 3.00 bits per heavy atom. The van der Waals surface area contributed by atoms with Crippen LogP contribution in [0.4, 0.5) is 10.9 Å². The van der Waals surface area contributed by atoms with E-state index in [-0.39, 0.29) is 12.0 Å². The normalized spacial score (nSPS) is 16.2. The lowest BCUT2D eigenvalue weighted by Gasteiger charge is -2.33. The molecule has 1 saturated heterocycles. The minimum atomic E-state index is -0.241. The monoisotopic (exact) mass is 438 g/mol. The lowest BCUT2D eigenvalue weighted by molar-refractivity contribution is -0.139. The number of aromatic nitrogens is 2. The van der Waals surface area contributed by atoms with Gasteiger partial charge >= 0.3 is 0 Å². The molecule has 1 atom stereocenters. The van der Waals surface area contributed by atoms with E-state index in [9.17, 15) is 4.79 Å². The molecule has 3 heterocycles. The summed E-state index contributed by atoms with van der Waals surface area (Å²) >= 11 is 1.58. The van der Waals surface area contributed by atoms with Crippen LogP contribution in [0, 0.1) is 6.92 Å². The average Bonchev–Trinajstić information content (AvgIpc) is 3.22. The number of ether oxygens (including phenoxy) is 2. The predicted octanol–water partition coefficient (Wildman–Crippen LogP) is 4.13. The molecular formula is C23H26N4O3S. The van der Waals surface area contributed by atoms with Crippen molar-refractivity contribution < 1.29 is 14.3 Å². The molecule has 1 aromatic carbocycles. The lowest BCUT2D eigenvalue weighted by Crippen LogP contribution is -2.42. The van der Waals surface area contributed by atoms with Gasteiger partial charge in [0.25, 0.3) is 0 Å².